The predicted octanol–water partition coefficient (Wildman–Crippen LogP) is 3.72. The molecule has 0 saturated heterocycles. The third-order valence-corrected chi connectivity index (χ3v) is 2.18. The van der Waals surface area contributed by atoms with Crippen LogP contribution in [0.5, 0.6) is 0 Å². The van der Waals surface area contributed by atoms with Crippen LogP contribution in [-0.4, -0.2) is 6.54 Å². The fraction of sp³-hybridized carbons (Fsp3) is 0.273. The Hall–Kier alpha value is -1.00. The van der Waals surface area contributed by atoms with Crippen LogP contribution >= 0.6 is 11.6 Å². The predicted molar refractivity (Wildman–Crippen MR) is 59.2 cm³/mol. The van der Waals surface area contributed by atoms with Crippen LogP contribution in [0.15, 0.2) is 24.3 Å². The summed E-state index contributed by atoms with van der Waals surface area (Å²) in [4.78, 5) is 0. The van der Waals surface area contributed by atoms with E-state index < -0.39 is 11.7 Å². The molecule has 1 aromatic rings. The van der Waals surface area contributed by atoms with Gasteiger partial charge in [0, 0.05) is 5.02 Å². The molecule has 0 atom stereocenters. The van der Waals surface area contributed by atoms with Crippen molar-refractivity contribution in [3.63, 3.8) is 0 Å². The van der Waals surface area contributed by atoms with Gasteiger partial charge in [-0.2, -0.15) is 13.2 Å². The van der Waals surface area contributed by atoms with E-state index in [2.05, 4.69) is 0 Å². The maximum absolute atomic E-state index is 12.6. The van der Waals surface area contributed by atoms with Gasteiger partial charge in [-0.1, -0.05) is 23.8 Å². The molecule has 0 spiro atoms. The van der Waals surface area contributed by atoms with Gasteiger partial charge >= 0.3 is 6.18 Å². The van der Waals surface area contributed by atoms with Crippen LogP contribution in [0.1, 0.15) is 17.5 Å². The van der Waals surface area contributed by atoms with Crippen LogP contribution in [0.4, 0.5) is 13.2 Å². The Labute approximate surface area is 96.7 Å². The summed E-state index contributed by atoms with van der Waals surface area (Å²) in [5.74, 6) is 0. The monoisotopic (exact) mass is 249 g/mol. The van der Waals surface area contributed by atoms with Gasteiger partial charge in [0.1, 0.15) is 0 Å². The molecule has 5 heteroatoms. The minimum atomic E-state index is -4.37. The zero-order valence-electron chi connectivity index (χ0n) is 8.39. The summed E-state index contributed by atoms with van der Waals surface area (Å²) in [6.07, 6.45) is -0.848. The van der Waals surface area contributed by atoms with E-state index in [1.165, 1.54) is 18.2 Å². The van der Waals surface area contributed by atoms with E-state index in [0.717, 1.165) is 6.07 Å². The fourth-order valence-electron chi connectivity index (χ4n) is 1.24. The van der Waals surface area contributed by atoms with Gasteiger partial charge in [0.2, 0.25) is 0 Å². The van der Waals surface area contributed by atoms with Gasteiger partial charge in [-0.15, -0.1) is 0 Å². The molecule has 1 aromatic carbocycles. The Balaban J connectivity index is 3.09. The van der Waals surface area contributed by atoms with Crippen molar-refractivity contribution in [2.45, 2.75) is 12.6 Å². The topological polar surface area (TPSA) is 26.0 Å². The van der Waals surface area contributed by atoms with Crippen LogP contribution in [0.3, 0.4) is 0 Å². The lowest BCUT2D eigenvalue weighted by Crippen LogP contribution is -2.07. The summed E-state index contributed by atoms with van der Waals surface area (Å²) in [6, 6.07) is 3.49. The van der Waals surface area contributed by atoms with Crippen LogP contribution in [-0.2, 0) is 6.18 Å². The first-order valence-corrected chi connectivity index (χ1v) is 5.06. The maximum Gasteiger partial charge on any atom is 0.416 e. The Bertz CT molecular complexity index is 385. The summed E-state index contributed by atoms with van der Waals surface area (Å²) in [5.41, 5.74) is 4.62. The second kappa shape index (κ2) is 5.37. The van der Waals surface area contributed by atoms with Gasteiger partial charge in [0.15, 0.2) is 0 Å². The molecule has 2 N–H and O–H groups in total. The molecule has 1 rings (SSSR count). The molecule has 0 heterocycles. The van der Waals surface area contributed by atoms with Gasteiger partial charge in [0.05, 0.1) is 5.56 Å². The lowest BCUT2D eigenvalue weighted by atomic mass is 10.1. The Morgan fingerprint density at radius 1 is 1.31 bits per heavy atom. The number of halogens is 4. The molecule has 0 fully saturated rings. The molecule has 1 nitrogen and oxygen atoms in total. The first-order chi connectivity index (χ1) is 7.45. The van der Waals surface area contributed by atoms with Gasteiger partial charge in [-0.05, 0) is 36.7 Å². The minimum absolute atomic E-state index is 0.0634. The largest absolute Gasteiger partial charge is 0.416 e. The van der Waals surface area contributed by atoms with E-state index in [9.17, 15) is 13.2 Å². The number of hydrogen-bond donors (Lipinski definition) is 1. The molecule has 0 saturated carbocycles. The molecule has 0 unspecified atom stereocenters. The highest BCUT2D eigenvalue weighted by Crippen LogP contribution is 2.33. The number of benzene rings is 1. The van der Waals surface area contributed by atoms with Crippen molar-refractivity contribution in [1.82, 2.24) is 0 Å². The van der Waals surface area contributed by atoms with Gasteiger partial charge < -0.3 is 5.73 Å². The van der Waals surface area contributed by atoms with Crippen LogP contribution < -0.4 is 5.73 Å². The van der Waals surface area contributed by atoms with Gasteiger partial charge in [0.25, 0.3) is 0 Å². The van der Waals surface area contributed by atoms with E-state index in [1.54, 1.807) is 6.08 Å². The molecule has 0 aromatic heterocycles. The van der Waals surface area contributed by atoms with Crippen molar-refractivity contribution >= 4 is 17.7 Å². The molecule has 0 bridgehead atoms. The Morgan fingerprint density at radius 3 is 2.56 bits per heavy atom. The number of nitrogens with two attached hydrogens (primary N) is 1. The molecule has 0 aliphatic rings. The Kier molecular flexibility index (Phi) is 4.38. The fourth-order valence-corrected chi connectivity index (χ4v) is 1.42. The first-order valence-electron chi connectivity index (χ1n) is 4.68. The molecular weight excluding hydrogens is 239 g/mol. The number of hydrogen-bond acceptors (Lipinski definition) is 1. The van der Waals surface area contributed by atoms with E-state index in [1.807, 2.05) is 0 Å². The molecule has 0 amide bonds. The average molecular weight is 250 g/mol. The quantitative estimate of drug-likeness (QED) is 0.868. The SMILES string of the molecule is NCCC=Cc1cc(Cl)ccc1C(F)(F)F. The number of alkyl halides is 3. The molecule has 0 aliphatic carbocycles. The average Bonchev–Trinajstić information content (AvgIpc) is 2.16. The zero-order chi connectivity index (χ0) is 12.2. The summed E-state index contributed by atoms with van der Waals surface area (Å²) < 4.78 is 37.8. The van der Waals surface area contributed by atoms with Crippen molar-refractivity contribution in [3.05, 3.63) is 40.4 Å². The molecule has 0 aliphatic heterocycles. The smallest absolute Gasteiger partial charge is 0.330 e. The van der Waals surface area contributed by atoms with Crippen molar-refractivity contribution < 1.29 is 13.2 Å². The lowest BCUT2D eigenvalue weighted by Gasteiger charge is -2.10. The standard InChI is InChI=1S/C11H11ClF3N/c12-9-4-5-10(11(13,14)15)8(7-9)3-1-2-6-16/h1,3-5,7H,2,6,16H2. The van der Waals surface area contributed by atoms with Crippen molar-refractivity contribution in [2.24, 2.45) is 5.73 Å². The van der Waals surface area contributed by atoms with Gasteiger partial charge in [-0.3, -0.25) is 0 Å². The van der Waals surface area contributed by atoms with Crippen molar-refractivity contribution in [3.8, 4) is 0 Å². The van der Waals surface area contributed by atoms with Crippen LogP contribution in [0.2, 0.25) is 5.02 Å². The van der Waals surface area contributed by atoms with Crippen molar-refractivity contribution in [1.29, 1.82) is 0 Å². The first kappa shape index (κ1) is 13.1. The van der Waals surface area contributed by atoms with Gasteiger partial charge in [-0.25, -0.2) is 0 Å². The molecule has 88 valence electrons. The third kappa shape index (κ3) is 3.54. The van der Waals surface area contributed by atoms with E-state index in [4.69, 9.17) is 17.3 Å². The minimum Gasteiger partial charge on any atom is -0.330 e. The Morgan fingerprint density at radius 2 is 2.00 bits per heavy atom. The lowest BCUT2D eigenvalue weighted by molar-refractivity contribution is -0.137. The van der Waals surface area contributed by atoms with E-state index in [0.29, 0.717) is 13.0 Å². The highest BCUT2D eigenvalue weighted by atomic mass is 35.5. The highest BCUT2D eigenvalue weighted by molar-refractivity contribution is 6.30. The molecule has 0 radical (unpaired) electrons. The maximum atomic E-state index is 12.6. The summed E-state index contributed by atoms with van der Waals surface area (Å²) >= 11 is 5.65. The normalized spacial score (nSPS) is 12.3. The molecule has 16 heavy (non-hydrogen) atoms. The van der Waals surface area contributed by atoms with Crippen LogP contribution in [0, 0.1) is 0 Å². The summed E-state index contributed by atoms with van der Waals surface area (Å²) in [5, 5.41) is 0.278. The molecular formula is C11H11ClF3N. The van der Waals surface area contributed by atoms with E-state index in [-0.39, 0.29) is 10.6 Å². The van der Waals surface area contributed by atoms with Crippen LogP contribution in [0.25, 0.3) is 6.08 Å². The second-order valence-electron chi connectivity index (χ2n) is 3.21. The second-order valence-corrected chi connectivity index (χ2v) is 3.65. The van der Waals surface area contributed by atoms with Crippen molar-refractivity contribution in [2.75, 3.05) is 6.54 Å². The highest BCUT2D eigenvalue weighted by Gasteiger charge is 2.32. The zero-order valence-corrected chi connectivity index (χ0v) is 9.15. The summed E-state index contributed by atoms with van der Waals surface area (Å²) in [6.45, 7) is 0.401. The third-order valence-electron chi connectivity index (χ3n) is 1.95. The van der Waals surface area contributed by atoms with E-state index >= 15 is 0 Å². The summed E-state index contributed by atoms with van der Waals surface area (Å²) in [7, 11) is 0. The number of rotatable bonds is 3.